The van der Waals surface area contributed by atoms with E-state index in [2.05, 4.69) is 9.99 Å². The van der Waals surface area contributed by atoms with E-state index in [4.69, 9.17) is 34.8 Å². The second-order valence-electron chi connectivity index (χ2n) is 5.32. The highest BCUT2D eigenvalue weighted by atomic mass is 35.5. The number of carbonyl (C=O) groups excluding carboxylic acids is 2. The molecular formula is C17H11Cl3N2O3. The molecule has 5 nitrogen and oxygen atoms in total. The van der Waals surface area contributed by atoms with Crippen molar-refractivity contribution in [2.24, 2.45) is 5.16 Å². The van der Waals surface area contributed by atoms with Gasteiger partial charge in [0.1, 0.15) is 0 Å². The SMILES string of the molecule is CC(=O)O/N=C1/C(=O)N(Cc2ccc(Cl)c(Cl)c2)c2ccc(Cl)cc21. The zero-order chi connectivity index (χ0) is 18.1. The third-order valence-electron chi connectivity index (χ3n) is 3.54. The van der Waals surface area contributed by atoms with Crippen LogP contribution in [-0.4, -0.2) is 17.6 Å². The van der Waals surface area contributed by atoms with E-state index < -0.39 is 11.9 Å². The van der Waals surface area contributed by atoms with Gasteiger partial charge in [0.25, 0.3) is 5.91 Å². The van der Waals surface area contributed by atoms with E-state index in [9.17, 15) is 9.59 Å². The molecule has 1 amide bonds. The molecule has 0 saturated carbocycles. The number of nitrogens with zero attached hydrogens (tertiary/aromatic N) is 2. The normalized spacial score (nSPS) is 14.8. The molecule has 0 radical (unpaired) electrons. The van der Waals surface area contributed by atoms with Gasteiger partial charge in [-0.2, -0.15) is 0 Å². The van der Waals surface area contributed by atoms with Gasteiger partial charge in [0, 0.05) is 17.5 Å². The minimum absolute atomic E-state index is 0.0211. The fourth-order valence-corrected chi connectivity index (χ4v) is 2.95. The van der Waals surface area contributed by atoms with Crippen LogP contribution in [0.4, 0.5) is 5.69 Å². The second kappa shape index (κ2) is 7.04. The van der Waals surface area contributed by atoms with Crippen molar-refractivity contribution >= 4 is 58.1 Å². The van der Waals surface area contributed by atoms with Crippen molar-refractivity contribution in [3.63, 3.8) is 0 Å². The average molecular weight is 398 g/mol. The molecule has 2 aromatic rings. The maximum atomic E-state index is 12.7. The number of amides is 1. The highest BCUT2D eigenvalue weighted by molar-refractivity contribution is 6.54. The molecule has 8 heteroatoms. The number of benzene rings is 2. The number of anilines is 1. The Morgan fingerprint density at radius 1 is 1.12 bits per heavy atom. The van der Waals surface area contributed by atoms with E-state index in [0.29, 0.717) is 26.3 Å². The molecular weight excluding hydrogens is 387 g/mol. The molecule has 2 aromatic carbocycles. The summed E-state index contributed by atoms with van der Waals surface area (Å²) in [6.07, 6.45) is 0. The lowest BCUT2D eigenvalue weighted by atomic mass is 10.1. The molecule has 0 bridgehead atoms. The summed E-state index contributed by atoms with van der Waals surface area (Å²) in [5.74, 6) is -1.02. The largest absolute Gasteiger partial charge is 0.332 e. The molecule has 0 unspecified atom stereocenters. The monoisotopic (exact) mass is 396 g/mol. The molecule has 0 saturated heterocycles. The summed E-state index contributed by atoms with van der Waals surface area (Å²) >= 11 is 18.0. The van der Waals surface area contributed by atoms with Crippen molar-refractivity contribution in [1.29, 1.82) is 0 Å². The first kappa shape index (κ1) is 17.7. The summed E-state index contributed by atoms with van der Waals surface area (Å²) in [7, 11) is 0. The van der Waals surface area contributed by atoms with Crippen molar-refractivity contribution in [3.8, 4) is 0 Å². The van der Waals surface area contributed by atoms with Crippen LogP contribution in [-0.2, 0) is 21.0 Å². The van der Waals surface area contributed by atoms with Gasteiger partial charge < -0.3 is 9.74 Å². The van der Waals surface area contributed by atoms with Crippen LogP contribution in [0.3, 0.4) is 0 Å². The van der Waals surface area contributed by atoms with E-state index in [1.807, 2.05) is 0 Å². The molecule has 1 heterocycles. The second-order valence-corrected chi connectivity index (χ2v) is 6.57. The van der Waals surface area contributed by atoms with E-state index in [-0.39, 0.29) is 12.3 Å². The van der Waals surface area contributed by atoms with Gasteiger partial charge in [-0.25, -0.2) is 4.79 Å². The van der Waals surface area contributed by atoms with Gasteiger partial charge in [0.15, 0.2) is 5.71 Å². The van der Waals surface area contributed by atoms with Crippen molar-refractivity contribution in [3.05, 3.63) is 62.6 Å². The van der Waals surface area contributed by atoms with Crippen molar-refractivity contribution in [1.82, 2.24) is 0 Å². The Kier molecular flexibility index (Phi) is 4.99. The van der Waals surface area contributed by atoms with Crippen LogP contribution >= 0.6 is 34.8 Å². The van der Waals surface area contributed by atoms with Gasteiger partial charge in [-0.05, 0) is 35.9 Å². The summed E-state index contributed by atoms with van der Waals surface area (Å²) in [6, 6.07) is 10.1. The lowest BCUT2D eigenvalue weighted by Crippen LogP contribution is -2.29. The summed E-state index contributed by atoms with van der Waals surface area (Å²) in [5.41, 5.74) is 1.93. The Labute approximate surface area is 158 Å². The number of fused-ring (bicyclic) bond motifs is 1. The summed E-state index contributed by atoms with van der Waals surface area (Å²) in [4.78, 5) is 29.9. The van der Waals surface area contributed by atoms with Crippen molar-refractivity contribution in [2.75, 3.05) is 4.90 Å². The number of carbonyl (C=O) groups is 2. The third kappa shape index (κ3) is 3.63. The predicted molar refractivity (Wildman–Crippen MR) is 97.4 cm³/mol. The Bertz CT molecular complexity index is 912. The van der Waals surface area contributed by atoms with Gasteiger partial charge in [0.2, 0.25) is 0 Å². The van der Waals surface area contributed by atoms with Crippen molar-refractivity contribution in [2.45, 2.75) is 13.5 Å². The maximum Gasteiger partial charge on any atom is 0.332 e. The summed E-state index contributed by atoms with van der Waals surface area (Å²) in [5, 5.41) is 4.95. The zero-order valence-electron chi connectivity index (χ0n) is 12.9. The first-order chi connectivity index (χ1) is 11.9. The highest BCUT2D eigenvalue weighted by Gasteiger charge is 2.35. The van der Waals surface area contributed by atoms with Crippen LogP contribution in [0.2, 0.25) is 15.1 Å². The molecule has 0 atom stereocenters. The molecule has 0 fully saturated rings. The van der Waals surface area contributed by atoms with Crippen molar-refractivity contribution < 1.29 is 14.4 Å². The van der Waals surface area contributed by atoms with Gasteiger partial charge >= 0.3 is 5.97 Å². The van der Waals surface area contributed by atoms with Crippen LogP contribution < -0.4 is 4.90 Å². The van der Waals surface area contributed by atoms with Gasteiger partial charge in [-0.3, -0.25) is 4.79 Å². The Morgan fingerprint density at radius 3 is 2.56 bits per heavy atom. The van der Waals surface area contributed by atoms with E-state index in [1.165, 1.54) is 11.8 Å². The summed E-state index contributed by atoms with van der Waals surface area (Å²) in [6.45, 7) is 1.46. The molecule has 1 aliphatic rings. The van der Waals surface area contributed by atoms with Crippen LogP contribution in [0.5, 0.6) is 0 Å². The van der Waals surface area contributed by atoms with Gasteiger partial charge in [0.05, 0.1) is 22.3 Å². The molecule has 0 aromatic heterocycles. The number of oxime groups is 1. The average Bonchev–Trinajstić information content (AvgIpc) is 2.80. The molecule has 3 rings (SSSR count). The lowest BCUT2D eigenvalue weighted by molar-refractivity contribution is -0.140. The Morgan fingerprint density at radius 2 is 1.88 bits per heavy atom. The molecule has 0 aliphatic carbocycles. The smallest absolute Gasteiger partial charge is 0.318 e. The fraction of sp³-hybridized carbons (Fsp3) is 0.118. The standard InChI is InChI=1S/C17H11Cl3N2O3/c1-9(23)25-21-16-12-7-11(18)3-5-15(12)22(17(16)24)8-10-2-4-13(19)14(20)6-10/h2-7H,8H2,1H3/b21-16+. The molecule has 128 valence electrons. The number of rotatable bonds is 3. The van der Waals surface area contributed by atoms with E-state index in [1.54, 1.807) is 36.4 Å². The van der Waals surface area contributed by atoms with Crippen LogP contribution in [0.15, 0.2) is 41.6 Å². The third-order valence-corrected chi connectivity index (χ3v) is 4.52. The van der Waals surface area contributed by atoms with Crippen LogP contribution in [0, 0.1) is 0 Å². The Balaban J connectivity index is 2.00. The van der Waals surface area contributed by atoms with E-state index in [0.717, 1.165) is 5.56 Å². The molecule has 1 aliphatic heterocycles. The Hall–Kier alpha value is -2.08. The fourth-order valence-electron chi connectivity index (χ4n) is 2.46. The summed E-state index contributed by atoms with van der Waals surface area (Å²) < 4.78 is 0. The first-order valence-electron chi connectivity index (χ1n) is 7.18. The molecule has 0 N–H and O–H groups in total. The van der Waals surface area contributed by atoms with Crippen LogP contribution in [0.25, 0.3) is 0 Å². The van der Waals surface area contributed by atoms with Gasteiger partial charge in [-0.1, -0.05) is 46.0 Å². The van der Waals surface area contributed by atoms with Crippen LogP contribution in [0.1, 0.15) is 18.1 Å². The quantitative estimate of drug-likeness (QED) is 0.567. The number of hydrogen-bond donors (Lipinski definition) is 0. The molecule has 0 spiro atoms. The topological polar surface area (TPSA) is 59.0 Å². The maximum absolute atomic E-state index is 12.7. The predicted octanol–water partition coefficient (Wildman–Crippen LogP) is 4.46. The number of hydrogen-bond acceptors (Lipinski definition) is 4. The minimum Gasteiger partial charge on any atom is -0.318 e. The lowest BCUT2D eigenvalue weighted by Gasteiger charge is -2.17. The zero-order valence-corrected chi connectivity index (χ0v) is 15.2. The molecule has 25 heavy (non-hydrogen) atoms. The number of halogens is 3. The first-order valence-corrected chi connectivity index (χ1v) is 8.31. The van der Waals surface area contributed by atoms with E-state index >= 15 is 0 Å². The van der Waals surface area contributed by atoms with Gasteiger partial charge in [-0.15, -0.1) is 0 Å². The highest BCUT2D eigenvalue weighted by Crippen LogP contribution is 2.33. The minimum atomic E-state index is -0.619.